The van der Waals surface area contributed by atoms with E-state index in [-0.39, 0.29) is 49.6 Å². The maximum absolute atomic E-state index is 5.38. The summed E-state index contributed by atoms with van der Waals surface area (Å²) in [5, 5.41) is 26.9. The SMILES string of the molecule is NCCCNCCCCNCCCN.NCCCNCCCCNCCCN.NCCCNCCCCNCCCN.NCCCNCCCCNCCCN.[Cl-].[Cl-].[Cl-].[Cl-]. The van der Waals surface area contributed by atoms with Gasteiger partial charge in [-0.25, -0.2) is 0 Å². The van der Waals surface area contributed by atoms with E-state index in [1.54, 1.807) is 0 Å². The van der Waals surface area contributed by atoms with Crippen LogP contribution in [0.2, 0.25) is 0 Å². The van der Waals surface area contributed by atoms with Crippen LogP contribution in [0.1, 0.15) is 103 Å². The minimum absolute atomic E-state index is 0. The van der Waals surface area contributed by atoms with Gasteiger partial charge in [0.15, 0.2) is 0 Å². The molecule has 60 heavy (non-hydrogen) atoms. The van der Waals surface area contributed by atoms with E-state index in [0.717, 1.165) is 208 Å². The summed E-state index contributed by atoms with van der Waals surface area (Å²) < 4.78 is 0. The normalized spacial score (nSPS) is 10.0. The summed E-state index contributed by atoms with van der Waals surface area (Å²) in [5.41, 5.74) is 43.0. The number of hydrogen-bond acceptors (Lipinski definition) is 16. The molecule has 16 nitrogen and oxygen atoms in total. The Kier molecular flexibility index (Phi) is 112. The number of hydrogen-bond donors (Lipinski definition) is 16. The van der Waals surface area contributed by atoms with Crippen molar-refractivity contribution >= 4 is 0 Å². The highest BCUT2D eigenvalue weighted by Crippen LogP contribution is 1.88. The topological polar surface area (TPSA) is 304 Å². The third kappa shape index (κ3) is 97.7. The Hall–Kier alpha value is 0.520. The van der Waals surface area contributed by atoms with Crippen LogP contribution in [0.15, 0.2) is 0 Å². The summed E-state index contributed by atoms with van der Waals surface area (Å²) in [7, 11) is 0. The van der Waals surface area contributed by atoms with Crippen molar-refractivity contribution in [1.29, 1.82) is 0 Å². The first-order valence-electron chi connectivity index (χ1n) is 22.9. The second-order valence-electron chi connectivity index (χ2n) is 14.0. The largest absolute Gasteiger partial charge is 1.00 e. The van der Waals surface area contributed by atoms with Crippen LogP contribution in [-0.2, 0) is 0 Å². The lowest BCUT2D eigenvalue weighted by atomic mass is 10.3. The van der Waals surface area contributed by atoms with Crippen LogP contribution in [0, 0.1) is 0 Å². The maximum atomic E-state index is 5.38. The fourth-order valence-electron chi connectivity index (χ4n) is 4.82. The van der Waals surface area contributed by atoms with E-state index in [1.165, 1.54) is 51.4 Å². The van der Waals surface area contributed by atoms with Crippen LogP contribution in [0.4, 0.5) is 0 Å². The molecule has 20 heteroatoms. The zero-order valence-corrected chi connectivity index (χ0v) is 41.4. The van der Waals surface area contributed by atoms with Gasteiger partial charge in [0.25, 0.3) is 0 Å². The molecule has 0 rings (SSSR count). The molecule has 0 atom stereocenters. The lowest BCUT2D eigenvalue weighted by molar-refractivity contribution is -0.001000. The fraction of sp³-hybridized carbons (Fsp3) is 1.00. The summed E-state index contributed by atoms with van der Waals surface area (Å²) in [5.74, 6) is 0. The Morgan fingerprint density at radius 2 is 0.233 bits per heavy atom. The van der Waals surface area contributed by atoms with E-state index >= 15 is 0 Å². The number of nitrogens with one attached hydrogen (secondary N) is 8. The molecule has 0 spiro atoms. The molecule has 376 valence electrons. The third-order valence-corrected chi connectivity index (χ3v) is 8.29. The van der Waals surface area contributed by atoms with E-state index in [2.05, 4.69) is 42.5 Å². The van der Waals surface area contributed by atoms with Crippen molar-refractivity contribution in [2.24, 2.45) is 45.9 Å². The lowest BCUT2D eigenvalue weighted by Gasteiger charge is -2.04. The molecule has 0 fully saturated rings. The van der Waals surface area contributed by atoms with Crippen LogP contribution in [0.5, 0.6) is 0 Å². The lowest BCUT2D eigenvalue weighted by Crippen LogP contribution is -3.00. The molecule has 0 aliphatic rings. The second-order valence-corrected chi connectivity index (χ2v) is 14.0. The summed E-state index contributed by atoms with van der Waals surface area (Å²) >= 11 is 0. The van der Waals surface area contributed by atoms with Gasteiger partial charge in [0, 0.05) is 0 Å². The van der Waals surface area contributed by atoms with Crippen molar-refractivity contribution in [2.75, 3.05) is 157 Å². The Morgan fingerprint density at radius 1 is 0.150 bits per heavy atom. The quantitative estimate of drug-likeness (QED) is 0.0252. The van der Waals surface area contributed by atoms with Crippen LogP contribution in [0.25, 0.3) is 0 Å². The average molecular weight is 951 g/mol. The van der Waals surface area contributed by atoms with Crippen molar-refractivity contribution in [2.45, 2.75) is 103 Å². The molecule has 0 bridgehead atoms. The molecule has 0 radical (unpaired) electrons. The first kappa shape index (κ1) is 77.7. The van der Waals surface area contributed by atoms with Gasteiger partial charge < -0.3 is 138 Å². The molecule has 0 heterocycles. The minimum Gasteiger partial charge on any atom is -1.00 e. The predicted molar refractivity (Wildman–Crippen MR) is 249 cm³/mol. The van der Waals surface area contributed by atoms with E-state index in [1.807, 2.05) is 0 Å². The highest BCUT2D eigenvalue weighted by Gasteiger charge is 1.93. The first-order valence-corrected chi connectivity index (χ1v) is 22.9. The summed E-state index contributed by atoms with van der Waals surface area (Å²) in [6.45, 7) is 23.6. The molecular formula is C40H104Cl4N16-4. The summed E-state index contributed by atoms with van der Waals surface area (Å²) in [4.78, 5) is 0. The van der Waals surface area contributed by atoms with Gasteiger partial charge in [0.1, 0.15) is 0 Å². The third-order valence-electron chi connectivity index (χ3n) is 8.29. The maximum Gasteiger partial charge on any atom is -0.00369 e. The van der Waals surface area contributed by atoms with Crippen molar-refractivity contribution in [3.8, 4) is 0 Å². The van der Waals surface area contributed by atoms with Crippen molar-refractivity contribution in [3.05, 3.63) is 0 Å². The van der Waals surface area contributed by atoms with Crippen molar-refractivity contribution in [1.82, 2.24) is 42.5 Å². The molecule has 0 amide bonds. The van der Waals surface area contributed by atoms with Crippen LogP contribution >= 0.6 is 0 Å². The number of rotatable bonds is 44. The van der Waals surface area contributed by atoms with Gasteiger partial charge in [-0.3, -0.25) is 0 Å². The second kappa shape index (κ2) is 86.6. The minimum atomic E-state index is 0. The number of halogens is 4. The van der Waals surface area contributed by atoms with Crippen LogP contribution in [0.3, 0.4) is 0 Å². The van der Waals surface area contributed by atoms with Crippen molar-refractivity contribution < 1.29 is 49.6 Å². The Morgan fingerprint density at radius 3 is 0.317 bits per heavy atom. The molecule has 24 N–H and O–H groups in total. The van der Waals surface area contributed by atoms with Gasteiger partial charge in [-0.2, -0.15) is 0 Å². The average Bonchev–Trinajstić information content (AvgIpc) is 3.21. The monoisotopic (exact) mass is 949 g/mol. The van der Waals surface area contributed by atoms with Crippen LogP contribution < -0.4 is 138 Å². The Bertz CT molecular complexity index is 462. The smallest absolute Gasteiger partial charge is 0.00369 e. The molecule has 0 aliphatic heterocycles. The van der Waals surface area contributed by atoms with Gasteiger partial charge in [0.05, 0.1) is 0 Å². The van der Waals surface area contributed by atoms with Crippen LogP contribution in [-0.4, -0.2) is 157 Å². The van der Waals surface area contributed by atoms with Crippen molar-refractivity contribution in [3.63, 3.8) is 0 Å². The summed E-state index contributed by atoms with van der Waals surface area (Å²) in [6, 6.07) is 0. The van der Waals surface area contributed by atoms with E-state index < -0.39 is 0 Å². The standard InChI is InChI=1S/4C10H26N4.4ClH/c4*11-5-3-9-13-7-1-2-8-14-10-4-6-12;;;;/h4*13-14H,1-12H2;4*1H/p-4. The molecule has 0 aliphatic carbocycles. The highest BCUT2D eigenvalue weighted by molar-refractivity contribution is 4.56. The van der Waals surface area contributed by atoms with Gasteiger partial charge in [-0.1, -0.05) is 0 Å². The molecule has 0 saturated heterocycles. The number of unbranched alkanes of at least 4 members (excludes halogenated alkanes) is 4. The molecule has 0 unspecified atom stereocenters. The highest BCUT2D eigenvalue weighted by atomic mass is 35.5. The van der Waals surface area contributed by atoms with E-state index in [9.17, 15) is 0 Å². The Balaban J connectivity index is -0.0000000980. The zero-order valence-electron chi connectivity index (χ0n) is 38.4. The first-order chi connectivity index (χ1) is 27.7. The van der Waals surface area contributed by atoms with Gasteiger partial charge >= 0.3 is 0 Å². The van der Waals surface area contributed by atoms with Gasteiger partial charge in [0.2, 0.25) is 0 Å². The van der Waals surface area contributed by atoms with E-state index in [0.29, 0.717) is 0 Å². The molecular weight excluding hydrogens is 846 g/mol. The number of nitrogens with two attached hydrogens (primary N) is 8. The molecule has 0 saturated carbocycles. The van der Waals surface area contributed by atoms with Gasteiger partial charge in [-0.05, 0) is 260 Å². The Labute approximate surface area is 396 Å². The molecule has 0 aromatic heterocycles. The fourth-order valence-corrected chi connectivity index (χ4v) is 4.82. The zero-order chi connectivity index (χ0) is 41.9. The summed E-state index contributed by atoms with van der Waals surface area (Å²) in [6.07, 6.45) is 18.5. The van der Waals surface area contributed by atoms with Gasteiger partial charge in [-0.15, -0.1) is 0 Å². The molecule has 0 aromatic rings. The van der Waals surface area contributed by atoms with E-state index in [4.69, 9.17) is 45.9 Å². The molecule has 0 aromatic carbocycles. The predicted octanol–water partition coefficient (Wildman–Crippen LogP) is -13.4.